The third kappa shape index (κ3) is 8.27. The first-order chi connectivity index (χ1) is 16.9. The fourth-order valence-electron chi connectivity index (χ4n) is 3.52. The quantitative estimate of drug-likeness (QED) is 0.291. The number of nitrogens with one attached hydrogen (secondary N) is 1. The van der Waals surface area contributed by atoms with Crippen LogP contribution in [0.15, 0.2) is 77.3 Å². The fourth-order valence-corrected chi connectivity index (χ4v) is 4.38. The summed E-state index contributed by atoms with van der Waals surface area (Å²) in [5.74, 6) is -0.143. The number of carbonyl (C=O) groups is 2. The smallest absolute Gasteiger partial charge is 0.261 e. The molecule has 0 fully saturated rings. The van der Waals surface area contributed by atoms with Gasteiger partial charge in [-0.05, 0) is 47.9 Å². The van der Waals surface area contributed by atoms with Crippen molar-refractivity contribution in [1.29, 1.82) is 0 Å². The lowest BCUT2D eigenvalue weighted by molar-refractivity contribution is -0.142. The Labute approximate surface area is 224 Å². The van der Waals surface area contributed by atoms with Crippen molar-refractivity contribution in [3.63, 3.8) is 0 Å². The molecule has 0 aliphatic carbocycles. The van der Waals surface area contributed by atoms with Crippen LogP contribution >= 0.6 is 39.1 Å². The molecule has 35 heavy (non-hydrogen) atoms. The monoisotopic (exact) mass is 576 g/mol. The molecule has 1 N–H and O–H groups in total. The van der Waals surface area contributed by atoms with Crippen LogP contribution in [0, 0.1) is 0 Å². The first-order valence-electron chi connectivity index (χ1n) is 11.3. The first kappa shape index (κ1) is 27.1. The van der Waals surface area contributed by atoms with Gasteiger partial charge in [-0.1, -0.05) is 88.5 Å². The van der Waals surface area contributed by atoms with E-state index in [0.717, 1.165) is 22.0 Å². The summed E-state index contributed by atoms with van der Waals surface area (Å²) in [4.78, 5) is 28.4. The number of hydrogen-bond donors (Lipinski definition) is 1. The first-order valence-corrected chi connectivity index (χ1v) is 12.9. The van der Waals surface area contributed by atoms with Gasteiger partial charge < -0.3 is 15.0 Å². The number of halogens is 3. The van der Waals surface area contributed by atoms with Crippen LogP contribution in [0.25, 0.3) is 0 Å². The van der Waals surface area contributed by atoms with E-state index in [4.69, 9.17) is 27.9 Å². The van der Waals surface area contributed by atoms with Crippen LogP contribution in [0.5, 0.6) is 5.75 Å². The Morgan fingerprint density at radius 3 is 2.37 bits per heavy atom. The number of benzene rings is 3. The molecule has 0 saturated heterocycles. The van der Waals surface area contributed by atoms with Crippen molar-refractivity contribution in [3.8, 4) is 5.75 Å². The summed E-state index contributed by atoms with van der Waals surface area (Å²) in [6.45, 7) is 2.47. The number of carbonyl (C=O) groups excluding carboxylic acids is 2. The SMILES string of the molecule is CCCNC(=O)C(Cc1ccccc1)N(Cc1ccc(Cl)cc1)C(=O)COc1ccc(Br)cc1Cl. The third-order valence-corrected chi connectivity index (χ3v) is 6.37. The van der Waals surface area contributed by atoms with E-state index in [0.29, 0.717) is 28.8 Å². The van der Waals surface area contributed by atoms with Crippen LogP contribution in [0.4, 0.5) is 0 Å². The van der Waals surface area contributed by atoms with E-state index in [-0.39, 0.29) is 25.0 Å². The highest BCUT2D eigenvalue weighted by molar-refractivity contribution is 9.10. The molecule has 0 aromatic heterocycles. The lowest BCUT2D eigenvalue weighted by atomic mass is 10.0. The van der Waals surface area contributed by atoms with E-state index in [1.165, 1.54) is 0 Å². The summed E-state index contributed by atoms with van der Waals surface area (Å²) in [5, 5.41) is 3.94. The van der Waals surface area contributed by atoms with Gasteiger partial charge in [0, 0.05) is 29.0 Å². The maximum atomic E-state index is 13.5. The van der Waals surface area contributed by atoms with E-state index in [1.807, 2.05) is 49.4 Å². The van der Waals surface area contributed by atoms with E-state index < -0.39 is 6.04 Å². The van der Waals surface area contributed by atoms with Crippen molar-refractivity contribution in [1.82, 2.24) is 10.2 Å². The van der Waals surface area contributed by atoms with Crippen LogP contribution in [-0.2, 0) is 22.6 Å². The van der Waals surface area contributed by atoms with Gasteiger partial charge in [0.05, 0.1) is 5.02 Å². The topological polar surface area (TPSA) is 58.6 Å². The molecule has 2 amide bonds. The lowest BCUT2D eigenvalue weighted by Crippen LogP contribution is -2.51. The third-order valence-electron chi connectivity index (χ3n) is 5.33. The molecule has 0 radical (unpaired) electrons. The Balaban J connectivity index is 1.89. The minimum Gasteiger partial charge on any atom is -0.482 e. The molecule has 0 aliphatic heterocycles. The predicted molar refractivity (Wildman–Crippen MR) is 144 cm³/mol. The van der Waals surface area contributed by atoms with Crippen molar-refractivity contribution >= 4 is 50.9 Å². The highest BCUT2D eigenvalue weighted by Crippen LogP contribution is 2.28. The van der Waals surface area contributed by atoms with Crippen molar-refractivity contribution in [2.24, 2.45) is 0 Å². The van der Waals surface area contributed by atoms with Gasteiger partial charge in [0.2, 0.25) is 5.91 Å². The second-order valence-corrected chi connectivity index (χ2v) is 9.77. The Morgan fingerprint density at radius 2 is 1.71 bits per heavy atom. The zero-order valence-corrected chi connectivity index (χ0v) is 22.4. The van der Waals surface area contributed by atoms with Gasteiger partial charge >= 0.3 is 0 Å². The molecule has 0 aliphatic rings. The van der Waals surface area contributed by atoms with E-state index >= 15 is 0 Å². The van der Waals surface area contributed by atoms with Crippen LogP contribution < -0.4 is 10.1 Å². The zero-order valence-electron chi connectivity index (χ0n) is 19.3. The minimum absolute atomic E-state index is 0.209. The average molecular weight is 578 g/mol. The normalized spacial score (nSPS) is 11.5. The number of rotatable bonds is 11. The minimum atomic E-state index is -0.726. The van der Waals surface area contributed by atoms with E-state index in [9.17, 15) is 9.59 Å². The van der Waals surface area contributed by atoms with Gasteiger partial charge in [0.1, 0.15) is 11.8 Å². The molecule has 0 heterocycles. The zero-order chi connectivity index (χ0) is 25.2. The summed E-state index contributed by atoms with van der Waals surface area (Å²) < 4.78 is 6.56. The summed E-state index contributed by atoms with van der Waals surface area (Å²) in [6, 6.07) is 21.3. The number of ether oxygens (including phenoxy) is 1. The molecule has 184 valence electrons. The Kier molecular flexibility index (Phi) is 10.5. The summed E-state index contributed by atoms with van der Waals surface area (Å²) in [6.07, 6.45) is 1.16. The summed E-state index contributed by atoms with van der Waals surface area (Å²) >= 11 is 15.7. The second kappa shape index (κ2) is 13.5. The van der Waals surface area contributed by atoms with Crippen molar-refractivity contribution in [2.75, 3.05) is 13.2 Å². The maximum absolute atomic E-state index is 13.5. The van der Waals surface area contributed by atoms with Gasteiger partial charge in [-0.2, -0.15) is 0 Å². The number of hydrogen-bond acceptors (Lipinski definition) is 3. The number of amides is 2. The van der Waals surface area contributed by atoms with Crippen LogP contribution in [-0.4, -0.2) is 35.9 Å². The molecule has 3 aromatic carbocycles. The highest BCUT2D eigenvalue weighted by atomic mass is 79.9. The van der Waals surface area contributed by atoms with E-state index in [2.05, 4.69) is 21.2 Å². The molecule has 3 rings (SSSR count). The van der Waals surface area contributed by atoms with Gasteiger partial charge in [-0.15, -0.1) is 0 Å². The standard InChI is InChI=1S/C27H27BrCl2N2O3/c1-2-14-31-27(34)24(15-19-6-4-3-5-7-19)32(17-20-8-11-22(29)12-9-20)26(33)18-35-25-13-10-21(28)16-23(25)30/h3-13,16,24H,2,14-15,17-18H2,1H3,(H,31,34). The molecule has 0 saturated carbocycles. The van der Waals surface area contributed by atoms with Crippen molar-refractivity contribution in [2.45, 2.75) is 32.4 Å². The van der Waals surface area contributed by atoms with Gasteiger partial charge in [0.25, 0.3) is 5.91 Å². The predicted octanol–water partition coefficient (Wildman–Crippen LogP) is 6.30. The van der Waals surface area contributed by atoms with Crippen LogP contribution in [0.3, 0.4) is 0 Å². The molecule has 3 aromatic rings. The second-order valence-electron chi connectivity index (χ2n) is 8.01. The molecule has 5 nitrogen and oxygen atoms in total. The molecule has 1 atom stereocenters. The molecule has 8 heteroatoms. The molecule has 1 unspecified atom stereocenters. The van der Waals surface area contributed by atoms with E-state index in [1.54, 1.807) is 35.2 Å². The summed E-state index contributed by atoms with van der Waals surface area (Å²) in [5.41, 5.74) is 1.81. The van der Waals surface area contributed by atoms with Crippen LogP contribution in [0.1, 0.15) is 24.5 Å². The van der Waals surface area contributed by atoms with Gasteiger partial charge in [0.15, 0.2) is 6.61 Å². The maximum Gasteiger partial charge on any atom is 0.261 e. The van der Waals surface area contributed by atoms with Gasteiger partial charge in [-0.25, -0.2) is 0 Å². The molecular weight excluding hydrogens is 551 g/mol. The largest absolute Gasteiger partial charge is 0.482 e. The summed E-state index contributed by atoms with van der Waals surface area (Å²) in [7, 11) is 0. The number of nitrogens with zero attached hydrogens (tertiary/aromatic N) is 1. The Hall–Kier alpha value is -2.54. The Bertz CT molecular complexity index is 1130. The van der Waals surface area contributed by atoms with Crippen LogP contribution in [0.2, 0.25) is 10.0 Å². The lowest BCUT2D eigenvalue weighted by Gasteiger charge is -2.31. The highest BCUT2D eigenvalue weighted by Gasteiger charge is 2.30. The average Bonchev–Trinajstić information content (AvgIpc) is 2.85. The molecular formula is C27H27BrCl2N2O3. The van der Waals surface area contributed by atoms with Crippen molar-refractivity contribution in [3.05, 3.63) is 98.4 Å². The fraction of sp³-hybridized carbons (Fsp3) is 0.259. The Morgan fingerprint density at radius 1 is 1.00 bits per heavy atom. The molecule has 0 spiro atoms. The molecule has 0 bridgehead atoms. The van der Waals surface area contributed by atoms with Gasteiger partial charge in [-0.3, -0.25) is 9.59 Å². The van der Waals surface area contributed by atoms with Crippen molar-refractivity contribution < 1.29 is 14.3 Å².